The van der Waals surface area contributed by atoms with Crippen molar-refractivity contribution < 1.29 is 23.7 Å². The number of carbonyl (C=O) groups is 1. The molecule has 3 aromatic carbocycles. The van der Waals surface area contributed by atoms with Gasteiger partial charge in [0.1, 0.15) is 12.2 Å². The van der Waals surface area contributed by atoms with Crippen molar-refractivity contribution in [1.82, 2.24) is 10.2 Å². The summed E-state index contributed by atoms with van der Waals surface area (Å²) in [6, 6.07) is 21.1. The van der Waals surface area contributed by atoms with Gasteiger partial charge in [-0.3, -0.25) is 4.90 Å². The van der Waals surface area contributed by atoms with Crippen LogP contribution < -0.4 is 14.8 Å². The van der Waals surface area contributed by atoms with Crippen LogP contribution >= 0.6 is 0 Å². The van der Waals surface area contributed by atoms with E-state index < -0.39 is 5.60 Å². The molecule has 1 N–H and O–H groups in total. The van der Waals surface area contributed by atoms with Crippen LogP contribution in [0.4, 0.5) is 4.79 Å². The number of aryl methyl sites for hydroxylation is 2. The van der Waals surface area contributed by atoms with Crippen molar-refractivity contribution in [2.24, 2.45) is 0 Å². The maximum atomic E-state index is 13.0. The molecule has 0 bridgehead atoms. The summed E-state index contributed by atoms with van der Waals surface area (Å²) in [5, 5.41) is 3.27. The monoisotopic (exact) mass is 586 g/mol. The predicted octanol–water partition coefficient (Wildman–Crippen LogP) is 6.89. The van der Waals surface area contributed by atoms with E-state index in [1.165, 1.54) is 27.8 Å². The summed E-state index contributed by atoms with van der Waals surface area (Å²) >= 11 is 0. The van der Waals surface area contributed by atoms with Gasteiger partial charge in [0.2, 0.25) is 0 Å². The minimum absolute atomic E-state index is 0.0776. The van der Waals surface area contributed by atoms with Crippen molar-refractivity contribution in [2.45, 2.75) is 77.7 Å². The second-order valence-corrected chi connectivity index (χ2v) is 12.8. The molecule has 2 aliphatic rings. The van der Waals surface area contributed by atoms with Gasteiger partial charge in [0.15, 0.2) is 11.5 Å². The highest BCUT2D eigenvalue weighted by molar-refractivity contribution is 5.68. The first-order valence-corrected chi connectivity index (χ1v) is 15.4. The minimum atomic E-state index is -0.562. The van der Waals surface area contributed by atoms with E-state index >= 15 is 0 Å². The van der Waals surface area contributed by atoms with Crippen molar-refractivity contribution in [1.29, 1.82) is 0 Å². The van der Waals surface area contributed by atoms with Gasteiger partial charge in [-0.1, -0.05) is 54.1 Å². The molecule has 0 saturated carbocycles. The highest BCUT2D eigenvalue weighted by atomic mass is 16.6. The lowest BCUT2D eigenvalue weighted by Gasteiger charge is -2.48. The number of benzene rings is 3. The number of nitrogens with zero attached hydrogens (tertiary/aromatic N) is 1. The quantitative estimate of drug-likeness (QED) is 0.276. The molecule has 1 amide bonds. The number of rotatable bonds is 9. The number of fused-ring (bicyclic) bond motifs is 3. The zero-order valence-corrected chi connectivity index (χ0v) is 26.4. The molecule has 230 valence electrons. The first-order chi connectivity index (χ1) is 20.6. The van der Waals surface area contributed by atoms with Gasteiger partial charge in [0, 0.05) is 31.1 Å². The fourth-order valence-corrected chi connectivity index (χ4v) is 6.38. The predicted molar refractivity (Wildman–Crippen MR) is 169 cm³/mol. The van der Waals surface area contributed by atoms with Gasteiger partial charge in [-0.05, 0) is 87.4 Å². The Balaban J connectivity index is 1.33. The first kappa shape index (κ1) is 30.9. The van der Waals surface area contributed by atoms with Crippen LogP contribution in [0.2, 0.25) is 0 Å². The summed E-state index contributed by atoms with van der Waals surface area (Å²) in [4.78, 5) is 15.6. The normalized spacial score (nSPS) is 20.1. The van der Waals surface area contributed by atoms with Gasteiger partial charge in [0.05, 0.1) is 20.3 Å². The van der Waals surface area contributed by atoms with Gasteiger partial charge in [-0.25, -0.2) is 4.79 Å². The van der Waals surface area contributed by atoms with E-state index in [1.54, 1.807) is 7.11 Å². The Kier molecular flexibility index (Phi) is 9.62. The molecular formula is C36H46N2O5. The van der Waals surface area contributed by atoms with Crippen LogP contribution in [-0.2, 0) is 22.5 Å². The second-order valence-electron chi connectivity index (χ2n) is 12.8. The molecule has 2 heterocycles. The highest BCUT2D eigenvalue weighted by Crippen LogP contribution is 2.45. The molecule has 3 aromatic rings. The summed E-state index contributed by atoms with van der Waals surface area (Å²) in [5.41, 5.74) is 6.86. The average molecular weight is 587 g/mol. The largest absolute Gasteiger partial charge is 0.493 e. The minimum Gasteiger partial charge on any atom is -0.493 e. The van der Waals surface area contributed by atoms with Crippen LogP contribution in [0.3, 0.4) is 0 Å². The second kappa shape index (κ2) is 13.4. The Hall–Kier alpha value is -3.55. The Morgan fingerprint density at radius 2 is 1.77 bits per heavy atom. The first-order valence-electron chi connectivity index (χ1n) is 15.4. The molecule has 5 rings (SSSR count). The fraction of sp³-hybridized carbons (Fsp3) is 0.472. The number of alkyl carbamates (subject to hydrolysis) is 1. The lowest BCUT2D eigenvalue weighted by Crippen LogP contribution is -2.53. The third-order valence-electron chi connectivity index (χ3n) is 8.42. The summed E-state index contributed by atoms with van der Waals surface area (Å²) in [6.45, 7) is 13.3. The molecule has 0 radical (unpaired) electrons. The van der Waals surface area contributed by atoms with E-state index in [1.807, 2.05) is 39.0 Å². The number of hydrogen-bond donors (Lipinski definition) is 1. The SMILES string of the molecule is COc1cc2c(cc1OCCOCc1ccccc1)CCN1CC(c3cc(C)ccc3C)C(NC(=O)OC(C)(C)C)CC21. The lowest BCUT2D eigenvalue weighted by atomic mass is 9.76. The number of hydrogen-bond acceptors (Lipinski definition) is 6. The summed E-state index contributed by atoms with van der Waals surface area (Å²) in [6.07, 6.45) is 1.34. The van der Waals surface area contributed by atoms with Crippen molar-refractivity contribution in [3.05, 3.63) is 94.0 Å². The number of amides is 1. The van der Waals surface area contributed by atoms with Crippen LogP contribution in [0.25, 0.3) is 0 Å². The van der Waals surface area contributed by atoms with Gasteiger partial charge in [-0.2, -0.15) is 0 Å². The Bertz CT molecular complexity index is 1400. The zero-order valence-electron chi connectivity index (χ0n) is 26.4. The summed E-state index contributed by atoms with van der Waals surface area (Å²) < 4.78 is 23.5. The van der Waals surface area contributed by atoms with Gasteiger partial charge >= 0.3 is 6.09 Å². The van der Waals surface area contributed by atoms with Crippen molar-refractivity contribution >= 4 is 6.09 Å². The maximum absolute atomic E-state index is 13.0. The van der Waals surface area contributed by atoms with Crippen LogP contribution in [0.15, 0.2) is 60.7 Å². The average Bonchev–Trinajstić information content (AvgIpc) is 2.97. The molecule has 3 unspecified atom stereocenters. The van der Waals surface area contributed by atoms with E-state index in [4.69, 9.17) is 18.9 Å². The van der Waals surface area contributed by atoms with E-state index in [2.05, 4.69) is 66.5 Å². The Morgan fingerprint density at radius 1 is 0.977 bits per heavy atom. The number of carbonyl (C=O) groups excluding carboxylic acids is 1. The van der Waals surface area contributed by atoms with Gasteiger partial charge < -0.3 is 24.3 Å². The summed E-state index contributed by atoms with van der Waals surface area (Å²) in [7, 11) is 1.69. The van der Waals surface area contributed by atoms with Crippen LogP contribution in [-0.4, -0.2) is 56.0 Å². The van der Waals surface area contributed by atoms with E-state index in [0.29, 0.717) is 19.8 Å². The zero-order chi connectivity index (χ0) is 30.6. The molecule has 7 nitrogen and oxygen atoms in total. The molecule has 43 heavy (non-hydrogen) atoms. The fourth-order valence-electron chi connectivity index (χ4n) is 6.38. The van der Waals surface area contributed by atoms with Crippen molar-refractivity contribution in [3.63, 3.8) is 0 Å². The molecule has 0 aromatic heterocycles. The maximum Gasteiger partial charge on any atom is 0.407 e. The molecule has 7 heteroatoms. The summed E-state index contributed by atoms with van der Waals surface area (Å²) in [5.74, 6) is 1.62. The lowest BCUT2D eigenvalue weighted by molar-refractivity contribution is 0.0412. The van der Waals surface area contributed by atoms with Gasteiger partial charge in [0.25, 0.3) is 0 Å². The highest BCUT2D eigenvalue weighted by Gasteiger charge is 2.41. The molecule has 1 saturated heterocycles. The Morgan fingerprint density at radius 3 is 2.51 bits per heavy atom. The van der Waals surface area contributed by atoms with Crippen LogP contribution in [0.5, 0.6) is 11.5 Å². The smallest absolute Gasteiger partial charge is 0.407 e. The van der Waals surface area contributed by atoms with E-state index in [-0.39, 0.29) is 24.1 Å². The van der Waals surface area contributed by atoms with E-state index in [0.717, 1.165) is 43.0 Å². The molecule has 3 atom stereocenters. The molecule has 1 fully saturated rings. The molecule has 2 aliphatic heterocycles. The van der Waals surface area contributed by atoms with Gasteiger partial charge in [-0.15, -0.1) is 0 Å². The number of piperidine rings is 1. The van der Waals surface area contributed by atoms with Crippen LogP contribution in [0, 0.1) is 13.8 Å². The number of nitrogens with one attached hydrogen (secondary N) is 1. The number of ether oxygens (including phenoxy) is 4. The third kappa shape index (κ3) is 7.70. The molecule has 0 aliphatic carbocycles. The standard InChI is InChI=1S/C36H46N2O5/c1-24-12-13-25(2)28(18-24)30-22-38-15-14-27-19-34(42-17-16-41-23-26-10-8-7-9-11-26)33(40-6)20-29(27)32(38)21-31(30)37-35(39)43-36(3,4)5/h7-13,18-20,30-32H,14-17,21-23H2,1-6H3,(H,37,39). The molecule has 0 spiro atoms. The van der Waals surface area contributed by atoms with Crippen molar-refractivity contribution in [2.75, 3.05) is 33.4 Å². The van der Waals surface area contributed by atoms with Crippen molar-refractivity contribution in [3.8, 4) is 11.5 Å². The van der Waals surface area contributed by atoms with Crippen LogP contribution in [0.1, 0.15) is 72.5 Å². The number of methoxy groups -OCH3 is 1. The third-order valence-corrected chi connectivity index (χ3v) is 8.42. The Labute approximate surface area is 256 Å². The molecular weight excluding hydrogens is 540 g/mol. The van der Waals surface area contributed by atoms with E-state index in [9.17, 15) is 4.79 Å². The topological polar surface area (TPSA) is 69.3 Å².